The van der Waals surface area contributed by atoms with Gasteiger partial charge in [0.15, 0.2) is 5.41 Å². The highest BCUT2D eigenvalue weighted by Gasteiger charge is 2.54. The summed E-state index contributed by atoms with van der Waals surface area (Å²) in [5.74, 6) is -2.25. The van der Waals surface area contributed by atoms with Crippen molar-refractivity contribution in [1.82, 2.24) is 4.90 Å². The van der Waals surface area contributed by atoms with E-state index in [1.807, 2.05) is 18.2 Å². The maximum absolute atomic E-state index is 12.5. The second-order valence-corrected chi connectivity index (χ2v) is 7.22. The van der Waals surface area contributed by atoms with Gasteiger partial charge in [-0.15, -0.1) is 13.2 Å². The van der Waals surface area contributed by atoms with Crippen molar-refractivity contribution in [3.05, 3.63) is 52.7 Å². The van der Waals surface area contributed by atoms with E-state index in [4.69, 9.17) is 5.73 Å². The number of hydrogen-bond acceptors (Lipinski definition) is 6. The zero-order valence-corrected chi connectivity index (χ0v) is 16.3. The Labute approximate surface area is 176 Å². The van der Waals surface area contributed by atoms with Crippen molar-refractivity contribution in [2.45, 2.75) is 19.2 Å². The minimum absolute atomic E-state index is 0.0181. The van der Waals surface area contributed by atoms with Crippen molar-refractivity contribution in [3.63, 3.8) is 0 Å². The smallest absolute Gasteiger partial charge is 0.406 e. The molecule has 1 aliphatic heterocycles. The zero-order chi connectivity index (χ0) is 23.0. The van der Waals surface area contributed by atoms with Gasteiger partial charge >= 0.3 is 6.36 Å². The quantitative estimate of drug-likeness (QED) is 0.773. The molecule has 1 aliphatic carbocycles. The minimum Gasteiger partial charge on any atom is -0.406 e. The van der Waals surface area contributed by atoms with Crippen LogP contribution in [0.15, 0.2) is 47.2 Å². The van der Waals surface area contributed by atoms with Crippen molar-refractivity contribution < 1.29 is 22.7 Å². The summed E-state index contributed by atoms with van der Waals surface area (Å²) >= 11 is 0. The molecule has 1 aromatic carbocycles. The minimum atomic E-state index is -4.87. The van der Waals surface area contributed by atoms with E-state index >= 15 is 0 Å². The summed E-state index contributed by atoms with van der Waals surface area (Å²) in [7, 11) is 0. The molecule has 2 N–H and O–H groups in total. The van der Waals surface area contributed by atoms with Gasteiger partial charge in [-0.05, 0) is 23.3 Å². The van der Waals surface area contributed by atoms with E-state index in [0.717, 1.165) is 12.1 Å². The van der Waals surface area contributed by atoms with Gasteiger partial charge in [0.2, 0.25) is 5.91 Å². The van der Waals surface area contributed by atoms with E-state index < -0.39 is 29.4 Å². The lowest BCUT2D eigenvalue weighted by molar-refractivity contribution is -0.274. The number of nitrogens with zero attached hydrogens (tertiary/aromatic N) is 4. The lowest BCUT2D eigenvalue weighted by atomic mass is 9.58. The fraction of sp³-hybridized carbons (Fsp3) is 0.333. The van der Waals surface area contributed by atoms with E-state index in [0.29, 0.717) is 11.1 Å². The number of alkyl halides is 3. The van der Waals surface area contributed by atoms with Crippen LogP contribution in [0.2, 0.25) is 0 Å². The van der Waals surface area contributed by atoms with E-state index in [2.05, 4.69) is 4.74 Å². The molecule has 2 aliphatic rings. The third-order valence-electron chi connectivity index (χ3n) is 5.58. The van der Waals surface area contributed by atoms with Gasteiger partial charge in [-0.2, -0.15) is 15.8 Å². The maximum Gasteiger partial charge on any atom is 0.573 e. The van der Waals surface area contributed by atoms with Gasteiger partial charge in [0, 0.05) is 31.8 Å². The summed E-state index contributed by atoms with van der Waals surface area (Å²) < 4.78 is 41.4. The van der Waals surface area contributed by atoms with Crippen LogP contribution in [0, 0.1) is 45.3 Å². The molecule has 0 radical (unpaired) electrons. The van der Waals surface area contributed by atoms with Crippen LogP contribution in [0.5, 0.6) is 5.75 Å². The first-order valence-corrected chi connectivity index (χ1v) is 9.12. The summed E-state index contributed by atoms with van der Waals surface area (Å²) in [6.07, 6.45) is -3.21. The number of carbonyl (C=O) groups is 1. The predicted octanol–water partition coefficient (Wildman–Crippen LogP) is 2.86. The lowest BCUT2D eigenvalue weighted by Gasteiger charge is -2.45. The molecule has 7 nitrogen and oxygen atoms in total. The number of rotatable bonds is 2. The number of fused-ring (bicyclic) bond motifs is 1. The summed E-state index contributed by atoms with van der Waals surface area (Å²) in [6, 6.07) is 10.6. The molecule has 1 heterocycles. The van der Waals surface area contributed by atoms with Gasteiger partial charge in [0.05, 0.1) is 23.4 Å². The number of halogens is 3. The molecule has 0 fully saturated rings. The van der Waals surface area contributed by atoms with Crippen molar-refractivity contribution in [3.8, 4) is 24.0 Å². The van der Waals surface area contributed by atoms with Crippen LogP contribution < -0.4 is 10.5 Å². The number of benzene rings is 1. The van der Waals surface area contributed by atoms with E-state index in [9.17, 15) is 33.8 Å². The number of ether oxygens (including phenoxy) is 1. The molecule has 31 heavy (non-hydrogen) atoms. The van der Waals surface area contributed by atoms with Crippen molar-refractivity contribution in [1.29, 1.82) is 15.8 Å². The number of nitriles is 3. The first-order valence-electron chi connectivity index (χ1n) is 9.12. The first kappa shape index (κ1) is 21.7. The average molecular weight is 427 g/mol. The monoisotopic (exact) mass is 427 g/mol. The van der Waals surface area contributed by atoms with Crippen LogP contribution >= 0.6 is 0 Å². The van der Waals surface area contributed by atoms with Crippen LogP contribution in [0.25, 0.3) is 0 Å². The van der Waals surface area contributed by atoms with Crippen molar-refractivity contribution in [2.75, 3.05) is 13.1 Å². The Morgan fingerprint density at radius 1 is 1.23 bits per heavy atom. The highest BCUT2D eigenvalue weighted by Crippen LogP contribution is 2.54. The molecule has 158 valence electrons. The largest absolute Gasteiger partial charge is 0.573 e. The highest BCUT2D eigenvalue weighted by molar-refractivity contribution is 5.74. The molecule has 1 aromatic rings. The summed E-state index contributed by atoms with van der Waals surface area (Å²) in [6.45, 7) is 1.73. The Morgan fingerprint density at radius 3 is 2.32 bits per heavy atom. The average Bonchev–Trinajstić information content (AvgIpc) is 2.72. The van der Waals surface area contributed by atoms with Crippen LogP contribution in [-0.2, 0) is 4.79 Å². The summed E-state index contributed by atoms with van der Waals surface area (Å²) in [4.78, 5) is 13.5. The molecule has 0 unspecified atom stereocenters. The normalized spacial score (nSPS) is 22.4. The van der Waals surface area contributed by atoms with Gasteiger partial charge in [0.25, 0.3) is 0 Å². The highest BCUT2D eigenvalue weighted by atomic mass is 19.4. The van der Waals surface area contributed by atoms with Crippen LogP contribution in [0.4, 0.5) is 13.2 Å². The molecule has 0 saturated carbocycles. The molecule has 0 spiro atoms. The van der Waals surface area contributed by atoms with Gasteiger partial charge in [0.1, 0.15) is 11.8 Å². The number of carbonyl (C=O) groups excluding carboxylic acids is 1. The molecular weight excluding hydrogens is 411 g/mol. The molecule has 0 bridgehead atoms. The Balaban J connectivity index is 2.19. The molecule has 0 aromatic heterocycles. The molecule has 2 atom stereocenters. The topological polar surface area (TPSA) is 127 Å². The van der Waals surface area contributed by atoms with Crippen LogP contribution in [0.3, 0.4) is 0 Å². The summed E-state index contributed by atoms with van der Waals surface area (Å²) in [5.41, 5.74) is 4.89. The van der Waals surface area contributed by atoms with E-state index in [1.165, 1.54) is 24.0 Å². The standard InChI is InChI=1S/C21H16F3N5O2/c1-12(30)29-7-6-15-16(8-25)19(28)20(10-26,11-27)18(17(15)9-29)13-2-4-14(5-3-13)31-21(22,23)24/h2-6,17-18H,7,9,28H2,1H3/t17-,18+/m1/s1. The third kappa shape index (κ3) is 3.67. The van der Waals surface area contributed by atoms with Gasteiger partial charge in [-0.1, -0.05) is 18.2 Å². The molecule has 0 saturated heterocycles. The Morgan fingerprint density at radius 2 is 1.84 bits per heavy atom. The Hall–Kier alpha value is -3.97. The van der Waals surface area contributed by atoms with E-state index in [1.54, 1.807) is 6.08 Å². The Bertz CT molecular complexity index is 1090. The molecule has 1 amide bonds. The SMILES string of the molecule is CC(=O)N1CC=C2C(C#N)=C(N)C(C#N)(C#N)[C@@H](c3ccc(OC(F)(F)F)cc3)[C@@H]2C1. The predicted molar refractivity (Wildman–Crippen MR) is 100 cm³/mol. The van der Waals surface area contributed by atoms with Crippen molar-refractivity contribution >= 4 is 5.91 Å². The molecule has 10 heteroatoms. The zero-order valence-electron chi connectivity index (χ0n) is 16.3. The maximum atomic E-state index is 12.5. The molecular formula is C21H16F3N5O2. The number of hydrogen-bond donors (Lipinski definition) is 1. The van der Waals surface area contributed by atoms with Gasteiger partial charge in [-0.3, -0.25) is 4.79 Å². The van der Waals surface area contributed by atoms with Crippen LogP contribution in [0.1, 0.15) is 18.4 Å². The fourth-order valence-corrected chi connectivity index (χ4v) is 4.19. The number of amides is 1. The molecule has 3 rings (SSSR count). The number of nitrogens with two attached hydrogens (primary N) is 1. The van der Waals surface area contributed by atoms with Crippen LogP contribution in [-0.4, -0.2) is 30.3 Å². The van der Waals surface area contributed by atoms with Gasteiger partial charge in [-0.25, -0.2) is 0 Å². The summed E-state index contributed by atoms with van der Waals surface area (Å²) in [5, 5.41) is 29.6. The van der Waals surface area contributed by atoms with Gasteiger partial charge < -0.3 is 15.4 Å². The van der Waals surface area contributed by atoms with Crippen molar-refractivity contribution in [2.24, 2.45) is 17.1 Å². The second kappa shape index (κ2) is 7.70. The second-order valence-electron chi connectivity index (χ2n) is 7.22. The lowest BCUT2D eigenvalue weighted by Crippen LogP contribution is -2.48. The Kier molecular flexibility index (Phi) is 5.40. The fourth-order valence-electron chi connectivity index (χ4n) is 4.19. The van der Waals surface area contributed by atoms with E-state index in [-0.39, 0.29) is 30.3 Å². The number of allylic oxidation sites excluding steroid dienone is 2. The third-order valence-corrected chi connectivity index (χ3v) is 5.58. The first-order chi connectivity index (χ1) is 14.6.